The van der Waals surface area contributed by atoms with Crippen molar-refractivity contribution in [2.75, 3.05) is 7.11 Å². The molecule has 1 unspecified atom stereocenters. The zero-order valence-corrected chi connectivity index (χ0v) is 10.3. The van der Waals surface area contributed by atoms with E-state index in [0.717, 1.165) is 29.3 Å². The summed E-state index contributed by atoms with van der Waals surface area (Å²) in [6, 6.07) is 6.21. The Morgan fingerprint density at radius 3 is 2.80 bits per heavy atom. The van der Waals surface area contributed by atoms with Gasteiger partial charge in [0.25, 0.3) is 0 Å². The van der Waals surface area contributed by atoms with E-state index in [1.54, 1.807) is 7.11 Å². The monoisotopic (exact) mass is 227 g/mol. The van der Waals surface area contributed by atoms with Crippen LogP contribution in [0.1, 0.15) is 25.8 Å². The summed E-state index contributed by atoms with van der Waals surface area (Å²) in [5.41, 5.74) is 1.03. The molecule has 1 rings (SSSR count). The predicted octanol–water partition coefficient (Wildman–Crippen LogP) is 3.24. The molecule has 1 N–H and O–H groups in total. The molecule has 0 bridgehead atoms. The predicted molar refractivity (Wildman–Crippen MR) is 64.6 cm³/mol. The summed E-state index contributed by atoms with van der Waals surface area (Å²) in [6.07, 6.45) is 1.10. The molecule has 1 atom stereocenters. The molecule has 1 aromatic rings. The first-order chi connectivity index (χ1) is 7.19. The number of methoxy groups -OCH3 is 1. The zero-order valence-electron chi connectivity index (χ0n) is 9.51. The third kappa shape index (κ3) is 3.40. The zero-order chi connectivity index (χ0) is 11.3. The van der Waals surface area contributed by atoms with Gasteiger partial charge in [0.2, 0.25) is 0 Å². The van der Waals surface area contributed by atoms with Gasteiger partial charge in [-0.05, 0) is 25.5 Å². The molecule has 0 aliphatic carbocycles. The van der Waals surface area contributed by atoms with Gasteiger partial charge in [-0.1, -0.05) is 24.6 Å². The van der Waals surface area contributed by atoms with E-state index in [4.69, 9.17) is 16.3 Å². The Morgan fingerprint density at radius 2 is 2.20 bits per heavy atom. The lowest BCUT2D eigenvalue weighted by Gasteiger charge is -2.14. The molecule has 2 nitrogen and oxygen atoms in total. The third-order valence-corrected chi connectivity index (χ3v) is 2.89. The molecular weight excluding hydrogens is 210 g/mol. The van der Waals surface area contributed by atoms with E-state index < -0.39 is 0 Å². The van der Waals surface area contributed by atoms with E-state index in [0.29, 0.717) is 6.04 Å². The van der Waals surface area contributed by atoms with Gasteiger partial charge in [-0.25, -0.2) is 0 Å². The second kappa shape index (κ2) is 5.99. The molecule has 0 amide bonds. The molecule has 0 aliphatic rings. The number of hydrogen-bond acceptors (Lipinski definition) is 2. The lowest BCUT2D eigenvalue weighted by molar-refractivity contribution is 0.405. The van der Waals surface area contributed by atoms with Gasteiger partial charge in [-0.15, -0.1) is 0 Å². The quantitative estimate of drug-likeness (QED) is 0.834. The average molecular weight is 228 g/mol. The number of nitrogens with one attached hydrogen (secondary N) is 1. The SMILES string of the molecule is CCC(C)NCc1c(Cl)cccc1OC. The van der Waals surface area contributed by atoms with Crippen LogP contribution in [-0.2, 0) is 6.54 Å². The topological polar surface area (TPSA) is 21.3 Å². The van der Waals surface area contributed by atoms with Crippen LogP contribution in [0.5, 0.6) is 5.75 Å². The standard InChI is InChI=1S/C12H18ClNO/c1-4-9(2)14-8-10-11(13)6-5-7-12(10)15-3/h5-7,9,14H,4,8H2,1-3H3. The second-order valence-electron chi connectivity index (χ2n) is 3.61. The number of ether oxygens (including phenoxy) is 1. The lowest BCUT2D eigenvalue weighted by atomic mass is 10.1. The van der Waals surface area contributed by atoms with Crippen LogP contribution in [0.3, 0.4) is 0 Å². The van der Waals surface area contributed by atoms with Gasteiger partial charge in [0.1, 0.15) is 5.75 Å². The van der Waals surface area contributed by atoms with Crippen molar-refractivity contribution in [1.29, 1.82) is 0 Å². The van der Waals surface area contributed by atoms with Crippen LogP contribution in [0, 0.1) is 0 Å². The molecule has 84 valence electrons. The third-order valence-electron chi connectivity index (χ3n) is 2.54. The summed E-state index contributed by atoms with van der Waals surface area (Å²) in [4.78, 5) is 0. The van der Waals surface area contributed by atoms with Crippen LogP contribution in [0.15, 0.2) is 18.2 Å². The van der Waals surface area contributed by atoms with Gasteiger partial charge < -0.3 is 10.1 Å². The van der Waals surface area contributed by atoms with Gasteiger partial charge in [-0.2, -0.15) is 0 Å². The highest BCUT2D eigenvalue weighted by Crippen LogP contribution is 2.25. The minimum absolute atomic E-state index is 0.492. The molecule has 0 radical (unpaired) electrons. The van der Waals surface area contributed by atoms with Crippen molar-refractivity contribution in [1.82, 2.24) is 5.32 Å². The maximum atomic E-state index is 6.11. The lowest BCUT2D eigenvalue weighted by Crippen LogP contribution is -2.24. The summed E-state index contributed by atoms with van der Waals surface area (Å²) in [5.74, 6) is 0.846. The molecule has 0 aromatic heterocycles. The van der Waals surface area contributed by atoms with Crippen molar-refractivity contribution in [2.45, 2.75) is 32.9 Å². The van der Waals surface area contributed by atoms with Crippen molar-refractivity contribution in [3.63, 3.8) is 0 Å². The van der Waals surface area contributed by atoms with Crippen LogP contribution in [0.25, 0.3) is 0 Å². The molecule has 3 heteroatoms. The van der Waals surface area contributed by atoms with E-state index in [2.05, 4.69) is 19.2 Å². The van der Waals surface area contributed by atoms with Crippen LogP contribution < -0.4 is 10.1 Å². The Morgan fingerprint density at radius 1 is 1.47 bits per heavy atom. The summed E-state index contributed by atoms with van der Waals surface area (Å²) in [6.45, 7) is 5.06. The average Bonchev–Trinajstić information content (AvgIpc) is 2.26. The molecule has 0 spiro atoms. The van der Waals surface area contributed by atoms with E-state index >= 15 is 0 Å². The number of halogens is 1. The van der Waals surface area contributed by atoms with E-state index in [1.807, 2.05) is 18.2 Å². The van der Waals surface area contributed by atoms with Crippen LogP contribution >= 0.6 is 11.6 Å². The molecule has 0 aliphatic heterocycles. The van der Waals surface area contributed by atoms with E-state index in [-0.39, 0.29) is 0 Å². The molecular formula is C12H18ClNO. The van der Waals surface area contributed by atoms with Crippen molar-refractivity contribution in [3.05, 3.63) is 28.8 Å². The van der Waals surface area contributed by atoms with Gasteiger partial charge in [0, 0.05) is 23.2 Å². The van der Waals surface area contributed by atoms with Crippen LogP contribution in [0.2, 0.25) is 5.02 Å². The summed E-state index contributed by atoms with van der Waals surface area (Å²) < 4.78 is 5.27. The Bertz CT molecular complexity index is 314. The number of hydrogen-bond donors (Lipinski definition) is 1. The highest BCUT2D eigenvalue weighted by Gasteiger charge is 2.08. The Kier molecular flexibility index (Phi) is 4.92. The van der Waals surface area contributed by atoms with Gasteiger partial charge in [-0.3, -0.25) is 0 Å². The summed E-state index contributed by atoms with van der Waals surface area (Å²) in [5, 5.41) is 4.15. The van der Waals surface area contributed by atoms with E-state index in [1.165, 1.54) is 0 Å². The summed E-state index contributed by atoms with van der Waals surface area (Å²) in [7, 11) is 1.67. The highest BCUT2D eigenvalue weighted by atomic mass is 35.5. The Balaban J connectivity index is 2.74. The smallest absolute Gasteiger partial charge is 0.124 e. The van der Waals surface area contributed by atoms with Crippen molar-refractivity contribution >= 4 is 11.6 Å². The molecule has 0 saturated heterocycles. The maximum absolute atomic E-state index is 6.11. The molecule has 15 heavy (non-hydrogen) atoms. The Labute approximate surface area is 96.6 Å². The number of benzene rings is 1. The molecule has 1 aromatic carbocycles. The first-order valence-electron chi connectivity index (χ1n) is 5.23. The molecule has 0 saturated carbocycles. The minimum atomic E-state index is 0.492. The number of rotatable bonds is 5. The van der Waals surface area contributed by atoms with Crippen LogP contribution in [-0.4, -0.2) is 13.2 Å². The van der Waals surface area contributed by atoms with Crippen molar-refractivity contribution < 1.29 is 4.74 Å². The highest BCUT2D eigenvalue weighted by molar-refractivity contribution is 6.31. The van der Waals surface area contributed by atoms with Crippen molar-refractivity contribution in [3.8, 4) is 5.75 Å². The fourth-order valence-electron chi connectivity index (χ4n) is 1.32. The van der Waals surface area contributed by atoms with Crippen LogP contribution in [0.4, 0.5) is 0 Å². The van der Waals surface area contributed by atoms with Crippen molar-refractivity contribution in [2.24, 2.45) is 0 Å². The normalized spacial score (nSPS) is 12.5. The molecule has 0 heterocycles. The van der Waals surface area contributed by atoms with Gasteiger partial charge in [0.15, 0.2) is 0 Å². The second-order valence-corrected chi connectivity index (χ2v) is 4.02. The Hall–Kier alpha value is -0.730. The fourth-order valence-corrected chi connectivity index (χ4v) is 1.55. The largest absolute Gasteiger partial charge is 0.496 e. The van der Waals surface area contributed by atoms with Gasteiger partial charge >= 0.3 is 0 Å². The maximum Gasteiger partial charge on any atom is 0.124 e. The summed E-state index contributed by atoms with van der Waals surface area (Å²) >= 11 is 6.11. The fraction of sp³-hybridized carbons (Fsp3) is 0.500. The first-order valence-corrected chi connectivity index (χ1v) is 5.61. The van der Waals surface area contributed by atoms with E-state index in [9.17, 15) is 0 Å². The molecule has 0 fully saturated rings. The van der Waals surface area contributed by atoms with Gasteiger partial charge in [0.05, 0.1) is 7.11 Å². The minimum Gasteiger partial charge on any atom is -0.496 e. The first kappa shape index (κ1) is 12.3.